The van der Waals surface area contributed by atoms with E-state index in [0.29, 0.717) is 0 Å². The van der Waals surface area contributed by atoms with Gasteiger partial charge in [-0.1, -0.05) is 18.2 Å². The maximum absolute atomic E-state index is 10.9. The van der Waals surface area contributed by atoms with E-state index in [-0.39, 0.29) is 10.6 Å². The van der Waals surface area contributed by atoms with Crippen LogP contribution in [0, 0.1) is 0 Å². The molecule has 0 aliphatic carbocycles. The molecule has 0 aliphatic rings. The summed E-state index contributed by atoms with van der Waals surface area (Å²) in [7, 11) is 0. The summed E-state index contributed by atoms with van der Waals surface area (Å²) in [6.45, 7) is 3.34. The molecule has 0 unspecified atom stereocenters. The minimum Gasteiger partial charge on any atom is -0.313 e. The second-order valence-corrected chi connectivity index (χ2v) is 2.35. The Morgan fingerprint density at radius 2 is 2.18 bits per heavy atom. The molecule has 58 valence electrons. The van der Waals surface area contributed by atoms with Gasteiger partial charge in [0, 0.05) is 11.2 Å². The Balaban J connectivity index is 3.43. The molecule has 0 aromatic carbocycles. The van der Waals surface area contributed by atoms with Crippen LogP contribution in [-0.4, -0.2) is 9.97 Å². The third-order valence-electron chi connectivity index (χ3n) is 1.11. The predicted octanol–water partition coefficient (Wildman–Crippen LogP) is 0.273. The van der Waals surface area contributed by atoms with Crippen LogP contribution in [0.5, 0.6) is 0 Å². The molecule has 0 aliphatic heterocycles. The summed E-state index contributed by atoms with van der Waals surface area (Å²) >= 11 is 5.42. The average Bonchev–Trinajstić information content (AvgIpc) is 1.85. The number of aromatic amines is 2. The molecule has 0 amide bonds. The van der Waals surface area contributed by atoms with Gasteiger partial charge in [-0.05, 0) is 0 Å². The lowest BCUT2D eigenvalue weighted by atomic mass is 10.3. The number of halogens is 1. The van der Waals surface area contributed by atoms with Gasteiger partial charge in [0.25, 0.3) is 5.56 Å². The fourth-order valence-electron chi connectivity index (χ4n) is 0.611. The Bertz CT molecular complexity index is 390. The van der Waals surface area contributed by atoms with Gasteiger partial charge < -0.3 is 4.98 Å². The van der Waals surface area contributed by atoms with Crippen LogP contribution in [0.4, 0.5) is 0 Å². The maximum Gasteiger partial charge on any atom is 0.325 e. The van der Waals surface area contributed by atoms with Crippen molar-refractivity contribution in [2.75, 3.05) is 0 Å². The summed E-state index contributed by atoms with van der Waals surface area (Å²) in [5.41, 5.74) is -0.920. The van der Waals surface area contributed by atoms with E-state index in [2.05, 4.69) is 11.6 Å². The maximum atomic E-state index is 10.9. The van der Waals surface area contributed by atoms with E-state index in [1.807, 2.05) is 4.98 Å². The van der Waals surface area contributed by atoms with Crippen molar-refractivity contribution in [1.29, 1.82) is 0 Å². The average molecular weight is 173 g/mol. The topological polar surface area (TPSA) is 65.7 Å². The standard InChI is InChI=1S/C6H5ClN2O2/c1-3(7)4-2-8-6(11)9-5(4)10/h2H,1H2,(H2,8,9,10,11). The third-order valence-corrected chi connectivity index (χ3v) is 1.32. The Morgan fingerprint density at radius 1 is 1.55 bits per heavy atom. The van der Waals surface area contributed by atoms with Crippen molar-refractivity contribution in [3.05, 3.63) is 39.2 Å². The molecule has 0 radical (unpaired) electrons. The van der Waals surface area contributed by atoms with Crippen molar-refractivity contribution in [1.82, 2.24) is 9.97 Å². The fourth-order valence-corrected chi connectivity index (χ4v) is 0.752. The quantitative estimate of drug-likeness (QED) is 0.639. The molecule has 0 saturated heterocycles. The highest BCUT2D eigenvalue weighted by atomic mass is 35.5. The van der Waals surface area contributed by atoms with Gasteiger partial charge in [0.05, 0.1) is 5.56 Å². The van der Waals surface area contributed by atoms with E-state index in [9.17, 15) is 9.59 Å². The van der Waals surface area contributed by atoms with Gasteiger partial charge in [0.1, 0.15) is 0 Å². The molecule has 1 aromatic heterocycles. The molecule has 0 saturated carbocycles. The Kier molecular flexibility index (Phi) is 1.96. The van der Waals surface area contributed by atoms with Crippen molar-refractivity contribution >= 4 is 16.6 Å². The largest absolute Gasteiger partial charge is 0.325 e. The van der Waals surface area contributed by atoms with Crippen LogP contribution in [-0.2, 0) is 0 Å². The molecule has 0 atom stereocenters. The summed E-state index contributed by atoms with van der Waals surface area (Å²) in [6.07, 6.45) is 1.22. The molecule has 5 heteroatoms. The van der Waals surface area contributed by atoms with E-state index in [4.69, 9.17) is 11.6 Å². The Hall–Kier alpha value is -1.29. The normalized spacial score (nSPS) is 9.55. The van der Waals surface area contributed by atoms with Crippen LogP contribution in [0.15, 0.2) is 22.4 Å². The number of hydrogen-bond donors (Lipinski definition) is 2. The van der Waals surface area contributed by atoms with Crippen molar-refractivity contribution in [3.63, 3.8) is 0 Å². The second kappa shape index (κ2) is 2.75. The van der Waals surface area contributed by atoms with Gasteiger partial charge in [-0.2, -0.15) is 0 Å². The van der Waals surface area contributed by atoms with Crippen LogP contribution in [0.2, 0.25) is 0 Å². The fraction of sp³-hybridized carbons (Fsp3) is 0. The molecular formula is C6H5ClN2O2. The molecule has 0 spiro atoms. The number of aromatic nitrogens is 2. The van der Waals surface area contributed by atoms with E-state index in [1.54, 1.807) is 0 Å². The number of hydrogen-bond acceptors (Lipinski definition) is 2. The zero-order valence-corrected chi connectivity index (χ0v) is 6.23. The first-order valence-corrected chi connectivity index (χ1v) is 3.16. The SMILES string of the molecule is C=C(Cl)c1c[nH]c(=O)[nH]c1=O. The second-order valence-electron chi connectivity index (χ2n) is 1.89. The minimum atomic E-state index is -0.559. The number of nitrogens with one attached hydrogen (secondary N) is 2. The molecule has 1 aromatic rings. The number of H-pyrrole nitrogens is 2. The van der Waals surface area contributed by atoms with Gasteiger partial charge in [0.15, 0.2) is 0 Å². The van der Waals surface area contributed by atoms with Gasteiger partial charge in [-0.15, -0.1) is 0 Å². The first-order valence-electron chi connectivity index (χ1n) is 2.78. The monoisotopic (exact) mass is 172 g/mol. The van der Waals surface area contributed by atoms with Crippen LogP contribution >= 0.6 is 11.6 Å². The zero-order chi connectivity index (χ0) is 8.43. The van der Waals surface area contributed by atoms with Gasteiger partial charge in [-0.25, -0.2) is 4.79 Å². The lowest BCUT2D eigenvalue weighted by molar-refractivity contribution is 1.03. The highest BCUT2D eigenvalue weighted by Crippen LogP contribution is 2.07. The smallest absolute Gasteiger partial charge is 0.313 e. The number of rotatable bonds is 1. The molecule has 11 heavy (non-hydrogen) atoms. The predicted molar refractivity (Wildman–Crippen MR) is 42.6 cm³/mol. The van der Waals surface area contributed by atoms with Crippen LogP contribution in [0.1, 0.15) is 5.56 Å². The van der Waals surface area contributed by atoms with E-state index in [0.717, 1.165) is 0 Å². The minimum absolute atomic E-state index is 0.0995. The third kappa shape index (κ3) is 1.59. The summed E-state index contributed by atoms with van der Waals surface area (Å²) in [5.74, 6) is 0. The molecule has 4 nitrogen and oxygen atoms in total. The van der Waals surface area contributed by atoms with Gasteiger partial charge >= 0.3 is 5.69 Å². The Labute approximate surface area is 66.5 Å². The van der Waals surface area contributed by atoms with Gasteiger partial charge in [0.2, 0.25) is 0 Å². The summed E-state index contributed by atoms with van der Waals surface area (Å²) in [5, 5.41) is 0.0995. The summed E-state index contributed by atoms with van der Waals surface area (Å²) in [6, 6.07) is 0. The molecule has 0 fully saturated rings. The van der Waals surface area contributed by atoms with Crippen molar-refractivity contribution < 1.29 is 0 Å². The van der Waals surface area contributed by atoms with Crippen LogP contribution in [0.25, 0.3) is 5.03 Å². The van der Waals surface area contributed by atoms with E-state index in [1.165, 1.54) is 6.20 Å². The highest BCUT2D eigenvalue weighted by Gasteiger charge is 2.00. The summed E-state index contributed by atoms with van der Waals surface area (Å²) in [4.78, 5) is 25.6. The first kappa shape index (κ1) is 7.81. The lowest BCUT2D eigenvalue weighted by Gasteiger charge is -1.91. The van der Waals surface area contributed by atoms with Gasteiger partial charge in [-0.3, -0.25) is 9.78 Å². The van der Waals surface area contributed by atoms with E-state index >= 15 is 0 Å². The van der Waals surface area contributed by atoms with Crippen LogP contribution in [0.3, 0.4) is 0 Å². The molecule has 1 rings (SSSR count). The lowest BCUT2D eigenvalue weighted by Crippen LogP contribution is -2.23. The molecular weight excluding hydrogens is 168 g/mol. The molecule has 0 bridgehead atoms. The van der Waals surface area contributed by atoms with Crippen molar-refractivity contribution in [3.8, 4) is 0 Å². The van der Waals surface area contributed by atoms with Crippen molar-refractivity contribution in [2.24, 2.45) is 0 Å². The van der Waals surface area contributed by atoms with Crippen molar-refractivity contribution in [2.45, 2.75) is 0 Å². The summed E-state index contributed by atoms with van der Waals surface area (Å²) < 4.78 is 0. The van der Waals surface area contributed by atoms with E-state index < -0.39 is 11.2 Å². The Morgan fingerprint density at radius 3 is 2.64 bits per heavy atom. The highest BCUT2D eigenvalue weighted by molar-refractivity contribution is 6.48. The molecule has 1 heterocycles. The van der Waals surface area contributed by atoms with Crippen LogP contribution < -0.4 is 11.2 Å². The first-order chi connectivity index (χ1) is 5.11. The molecule has 2 N–H and O–H groups in total. The zero-order valence-electron chi connectivity index (χ0n) is 5.48.